The van der Waals surface area contributed by atoms with E-state index < -0.39 is 4.92 Å². The molecule has 0 saturated carbocycles. The van der Waals surface area contributed by atoms with Gasteiger partial charge in [-0.3, -0.25) is 19.7 Å². The Bertz CT molecular complexity index is 1120. The molecule has 0 saturated heterocycles. The maximum Gasteiger partial charge on any atom is 0.269 e. The monoisotopic (exact) mass is 393 g/mol. The van der Waals surface area contributed by atoms with Crippen molar-refractivity contribution in [2.24, 2.45) is 0 Å². The summed E-state index contributed by atoms with van der Waals surface area (Å²) in [5.74, 6) is 0.148. The number of rotatable bonds is 6. The fraction of sp³-hybridized carbons (Fsp3) is 0.143. The van der Waals surface area contributed by atoms with Gasteiger partial charge >= 0.3 is 0 Å². The lowest BCUT2D eigenvalue weighted by atomic mass is 10.2. The number of carbonyl (C=O) groups is 1. The van der Waals surface area contributed by atoms with Crippen molar-refractivity contribution in [3.63, 3.8) is 0 Å². The van der Waals surface area contributed by atoms with Gasteiger partial charge in [0.15, 0.2) is 0 Å². The van der Waals surface area contributed by atoms with Crippen LogP contribution >= 0.6 is 0 Å². The highest BCUT2D eigenvalue weighted by Gasteiger charge is 2.12. The highest BCUT2D eigenvalue weighted by Crippen LogP contribution is 2.25. The highest BCUT2D eigenvalue weighted by molar-refractivity contribution is 6.04. The summed E-state index contributed by atoms with van der Waals surface area (Å²) in [6.45, 7) is 2.09. The van der Waals surface area contributed by atoms with Crippen molar-refractivity contribution in [1.82, 2.24) is 4.57 Å². The van der Waals surface area contributed by atoms with E-state index in [2.05, 4.69) is 5.32 Å². The zero-order valence-corrected chi connectivity index (χ0v) is 15.9. The third-order valence-corrected chi connectivity index (χ3v) is 4.35. The lowest BCUT2D eigenvalue weighted by Crippen LogP contribution is -2.22. The van der Waals surface area contributed by atoms with E-state index in [4.69, 9.17) is 4.74 Å². The van der Waals surface area contributed by atoms with Gasteiger partial charge in [0.1, 0.15) is 5.75 Å². The number of aryl methyl sites for hydroxylation is 1. The van der Waals surface area contributed by atoms with Crippen LogP contribution in [0.5, 0.6) is 5.75 Å². The maximum atomic E-state index is 12.7. The van der Waals surface area contributed by atoms with Gasteiger partial charge in [0.25, 0.3) is 17.2 Å². The van der Waals surface area contributed by atoms with Crippen molar-refractivity contribution in [3.05, 3.63) is 98.0 Å². The Hall–Kier alpha value is -3.94. The zero-order valence-electron chi connectivity index (χ0n) is 15.9. The van der Waals surface area contributed by atoms with E-state index >= 15 is 0 Å². The summed E-state index contributed by atoms with van der Waals surface area (Å²) in [7, 11) is 1.52. The molecule has 2 aromatic carbocycles. The number of nitrogens with zero attached hydrogens (tertiary/aromatic N) is 2. The van der Waals surface area contributed by atoms with Crippen LogP contribution in [0.4, 0.5) is 11.4 Å². The fourth-order valence-electron chi connectivity index (χ4n) is 2.82. The van der Waals surface area contributed by atoms with Crippen LogP contribution in [-0.2, 0) is 6.54 Å². The molecular weight excluding hydrogens is 374 g/mol. The molecule has 8 nitrogen and oxygen atoms in total. The number of anilines is 1. The Morgan fingerprint density at radius 1 is 1.14 bits per heavy atom. The molecule has 148 valence electrons. The second-order valence-electron chi connectivity index (χ2n) is 6.47. The number of benzene rings is 2. The molecular formula is C21H19N3O5. The van der Waals surface area contributed by atoms with Crippen LogP contribution in [0.1, 0.15) is 21.5 Å². The van der Waals surface area contributed by atoms with E-state index in [1.165, 1.54) is 42.1 Å². The van der Waals surface area contributed by atoms with Crippen LogP contribution in [0.15, 0.2) is 65.6 Å². The number of amides is 1. The third kappa shape index (κ3) is 4.67. The highest BCUT2D eigenvalue weighted by atomic mass is 16.6. The van der Waals surface area contributed by atoms with Crippen LogP contribution in [-0.4, -0.2) is 22.5 Å². The number of carbonyl (C=O) groups excluding carboxylic acids is 1. The molecule has 1 N–H and O–H groups in total. The number of hydrogen-bond acceptors (Lipinski definition) is 5. The standard InChI is InChI=1S/C21H19N3O5/c1-14-3-9-19(29-2)18(11-14)22-21(26)16-6-10-20(25)23(13-16)12-15-4-7-17(8-5-15)24(27)28/h3-11,13H,12H2,1-2H3,(H,22,26). The van der Waals surface area contributed by atoms with Crippen molar-refractivity contribution < 1.29 is 14.5 Å². The SMILES string of the molecule is COc1ccc(C)cc1NC(=O)c1ccc(=O)n(Cc2ccc([N+](=O)[O-])cc2)c1. The predicted octanol–water partition coefficient (Wildman–Crippen LogP) is 3.37. The Morgan fingerprint density at radius 3 is 2.52 bits per heavy atom. The molecule has 8 heteroatoms. The molecule has 0 spiro atoms. The van der Waals surface area contributed by atoms with Crippen molar-refractivity contribution in [2.45, 2.75) is 13.5 Å². The van der Waals surface area contributed by atoms with Gasteiger partial charge in [0.2, 0.25) is 0 Å². The predicted molar refractivity (Wildman–Crippen MR) is 109 cm³/mol. The Labute approximate surface area is 166 Å². The molecule has 1 heterocycles. The zero-order chi connectivity index (χ0) is 21.0. The molecule has 29 heavy (non-hydrogen) atoms. The first-order valence-electron chi connectivity index (χ1n) is 8.77. The van der Waals surface area contributed by atoms with Gasteiger partial charge in [-0.2, -0.15) is 0 Å². The van der Waals surface area contributed by atoms with Crippen LogP contribution < -0.4 is 15.6 Å². The summed E-state index contributed by atoms with van der Waals surface area (Å²) in [5.41, 5.74) is 2.19. The van der Waals surface area contributed by atoms with E-state index in [0.29, 0.717) is 22.6 Å². The second-order valence-corrected chi connectivity index (χ2v) is 6.47. The summed E-state index contributed by atoms with van der Waals surface area (Å²) in [5, 5.41) is 13.6. The molecule has 3 rings (SSSR count). The summed E-state index contributed by atoms with van der Waals surface area (Å²) < 4.78 is 6.65. The first kappa shape index (κ1) is 19.8. The Balaban J connectivity index is 1.83. The van der Waals surface area contributed by atoms with Crippen molar-refractivity contribution in [1.29, 1.82) is 0 Å². The minimum atomic E-state index is -0.486. The molecule has 1 aromatic heterocycles. The van der Waals surface area contributed by atoms with Crippen molar-refractivity contribution in [3.8, 4) is 5.75 Å². The van der Waals surface area contributed by atoms with Gasteiger partial charge in [-0.05, 0) is 36.2 Å². The van der Waals surface area contributed by atoms with E-state index in [-0.39, 0.29) is 23.7 Å². The van der Waals surface area contributed by atoms with Gasteiger partial charge in [-0.1, -0.05) is 18.2 Å². The smallest absolute Gasteiger partial charge is 0.269 e. The van der Waals surface area contributed by atoms with E-state index in [9.17, 15) is 19.7 Å². The van der Waals surface area contributed by atoms with E-state index in [1.807, 2.05) is 13.0 Å². The van der Waals surface area contributed by atoms with E-state index in [0.717, 1.165) is 5.56 Å². The summed E-state index contributed by atoms with van der Waals surface area (Å²) in [6.07, 6.45) is 1.46. The topological polar surface area (TPSA) is 103 Å². The number of ether oxygens (including phenoxy) is 1. The van der Waals surface area contributed by atoms with Gasteiger partial charge in [-0.25, -0.2) is 0 Å². The average Bonchev–Trinajstić information content (AvgIpc) is 2.70. The normalized spacial score (nSPS) is 10.4. The Kier molecular flexibility index (Phi) is 5.73. The molecule has 3 aromatic rings. The molecule has 0 fully saturated rings. The number of aromatic nitrogens is 1. The van der Waals surface area contributed by atoms with Gasteiger partial charge in [-0.15, -0.1) is 0 Å². The molecule has 1 amide bonds. The number of non-ortho nitro benzene ring substituents is 1. The van der Waals surface area contributed by atoms with Crippen LogP contribution in [0.3, 0.4) is 0 Å². The second kappa shape index (κ2) is 8.39. The molecule has 0 radical (unpaired) electrons. The summed E-state index contributed by atoms with van der Waals surface area (Å²) in [6, 6.07) is 14.1. The fourth-order valence-corrected chi connectivity index (χ4v) is 2.82. The minimum absolute atomic E-state index is 0.0265. The average molecular weight is 393 g/mol. The molecule has 0 aliphatic carbocycles. The molecule has 0 unspecified atom stereocenters. The number of hydrogen-bond donors (Lipinski definition) is 1. The molecule has 0 aliphatic rings. The van der Waals surface area contributed by atoms with Gasteiger partial charge in [0, 0.05) is 24.4 Å². The maximum absolute atomic E-state index is 12.7. The van der Waals surface area contributed by atoms with Crippen LogP contribution in [0.2, 0.25) is 0 Å². The lowest BCUT2D eigenvalue weighted by Gasteiger charge is -2.12. The number of nitro benzene ring substituents is 1. The van der Waals surface area contributed by atoms with Crippen LogP contribution in [0.25, 0.3) is 0 Å². The quantitative estimate of drug-likeness (QED) is 0.511. The number of nitro groups is 1. The number of nitrogens with one attached hydrogen (secondary N) is 1. The largest absolute Gasteiger partial charge is 0.495 e. The molecule has 0 bridgehead atoms. The summed E-state index contributed by atoms with van der Waals surface area (Å²) in [4.78, 5) is 35.1. The lowest BCUT2D eigenvalue weighted by molar-refractivity contribution is -0.384. The van der Waals surface area contributed by atoms with Gasteiger partial charge in [0.05, 0.1) is 29.8 Å². The third-order valence-electron chi connectivity index (χ3n) is 4.35. The minimum Gasteiger partial charge on any atom is -0.495 e. The summed E-state index contributed by atoms with van der Waals surface area (Å²) >= 11 is 0. The van der Waals surface area contributed by atoms with E-state index in [1.54, 1.807) is 24.3 Å². The molecule has 0 aliphatic heterocycles. The van der Waals surface area contributed by atoms with Crippen molar-refractivity contribution >= 4 is 17.3 Å². The number of methoxy groups -OCH3 is 1. The van der Waals surface area contributed by atoms with Crippen molar-refractivity contribution in [2.75, 3.05) is 12.4 Å². The van der Waals surface area contributed by atoms with Crippen LogP contribution in [0, 0.1) is 17.0 Å². The Morgan fingerprint density at radius 2 is 1.86 bits per heavy atom. The van der Waals surface area contributed by atoms with Gasteiger partial charge < -0.3 is 14.6 Å². The first-order chi connectivity index (χ1) is 13.9. The number of pyridine rings is 1. The molecule has 0 atom stereocenters. The first-order valence-corrected chi connectivity index (χ1v) is 8.77.